The molecule has 2 N–H and O–H groups in total. The van der Waals surface area contributed by atoms with Crippen LogP contribution < -0.4 is 10.6 Å². The number of halogens is 2. The number of likely N-dealkylation sites (N-methyl/N-ethyl adjacent to an activating group) is 1. The molecular formula is C22H28F2N4. The number of rotatable bonds is 4. The Morgan fingerprint density at radius 1 is 0.964 bits per heavy atom. The molecule has 2 aliphatic heterocycles. The lowest BCUT2D eigenvalue weighted by atomic mass is 9.95. The van der Waals surface area contributed by atoms with E-state index >= 15 is 0 Å². The van der Waals surface area contributed by atoms with Crippen LogP contribution in [0.1, 0.15) is 17.0 Å². The van der Waals surface area contributed by atoms with Crippen molar-refractivity contribution in [3.63, 3.8) is 0 Å². The second-order valence-corrected chi connectivity index (χ2v) is 8.09. The van der Waals surface area contributed by atoms with Gasteiger partial charge in [-0.05, 0) is 42.4 Å². The highest BCUT2D eigenvalue weighted by atomic mass is 19.1. The molecule has 2 fully saturated rings. The first-order valence-corrected chi connectivity index (χ1v) is 9.95. The largest absolute Gasteiger partial charge is 0.367 e. The van der Waals surface area contributed by atoms with E-state index in [1.165, 1.54) is 12.1 Å². The van der Waals surface area contributed by atoms with E-state index < -0.39 is 0 Å². The highest BCUT2D eigenvalue weighted by molar-refractivity contribution is 5.49. The van der Waals surface area contributed by atoms with E-state index in [9.17, 15) is 8.78 Å². The van der Waals surface area contributed by atoms with E-state index in [-0.39, 0.29) is 23.6 Å². The highest BCUT2D eigenvalue weighted by Gasteiger charge is 2.31. The lowest BCUT2D eigenvalue weighted by molar-refractivity contribution is 0.311. The van der Waals surface area contributed by atoms with Gasteiger partial charge in [0.25, 0.3) is 0 Å². The third-order valence-electron chi connectivity index (χ3n) is 6.00. The smallest absolute Gasteiger partial charge is 0.146 e. The molecule has 0 amide bonds. The Bertz CT molecular complexity index is 803. The molecule has 0 spiro atoms. The zero-order chi connectivity index (χ0) is 19.7. The number of nitrogens with zero attached hydrogens (tertiary/aromatic N) is 3. The lowest BCUT2D eigenvalue weighted by Crippen LogP contribution is -2.44. The zero-order valence-electron chi connectivity index (χ0n) is 16.3. The van der Waals surface area contributed by atoms with Crippen LogP contribution in [0.2, 0.25) is 0 Å². The minimum atomic E-state index is -0.233. The third kappa shape index (κ3) is 4.19. The Morgan fingerprint density at radius 2 is 1.68 bits per heavy atom. The summed E-state index contributed by atoms with van der Waals surface area (Å²) >= 11 is 0. The van der Waals surface area contributed by atoms with Crippen LogP contribution in [0.15, 0.2) is 42.5 Å². The molecule has 2 saturated heterocycles. The van der Waals surface area contributed by atoms with E-state index in [4.69, 9.17) is 5.73 Å². The molecule has 2 aromatic rings. The van der Waals surface area contributed by atoms with Gasteiger partial charge in [0.2, 0.25) is 0 Å². The predicted molar refractivity (Wildman–Crippen MR) is 109 cm³/mol. The predicted octanol–water partition coefficient (Wildman–Crippen LogP) is 2.64. The van der Waals surface area contributed by atoms with Crippen LogP contribution in [0, 0.1) is 11.6 Å². The van der Waals surface area contributed by atoms with Gasteiger partial charge in [0.05, 0.1) is 5.69 Å². The first kappa shape index (κ1) is 19.3. The summed E-state index contributed by atoms with van der Waals surface area (Å²) in [7, 11) is 2.09. The number of nitrogens with two attached hydrogens (primary N) is 1. The minimum Gasteiger partial charge on any atom is -0.367 e. The molecule has 0 radical (unpaired) electrons. The van der Waals surface area contributed by atoms with Crippen LogP contribution in [0.5, 0.6) is 0 Å². The molecule has 0 saturated carbocycles. The number of piperazine rings is 1. The van der Waals surface area contributed by atoms with Crippen LogP contribution in [0.3, 0.4) is 0 Å². The number of anilines is 1. The standard InChI is InChI=1S/C22H28F2N4/c1-26-8-10-28(11-9-26)22-7-2-16(12-20(22)24)13-27-14-19(21(25)15-27)17-3-5-18(23)6-4-17/h2-7,12,19,21H,8-11,13-15,25H2,1H3. The van der Waals surface area contributed by atoms with Crippen molar-refractivity contribution in [1.29, 1.82) is 0 Å². The fraction of sp³-hybridized carbons (Fsp3) is 0.455. The van der Waals surface area contributed by atoms with Gasteiger partial charge in [-0.3, -0.25) is 4.90 Å². The van der Waals surface area contributed by atoms with Crippen molar-refractivity contribution < 1.29 is 8.78 Å². The third-order valence-corrected chi connectivity index (χ3v) is 6.00. The Labute approximate surface area is 165 Å². The summed E-state index contributed by atoms with van der Waals surface area (Å²) < 4.78 is 27.9. The van der Waals surface area contributed by atoms with E-state index in [1.807, 2.05) is 24.3 Å². The van der Waals surface area contributed by atoms with Crippen molar-refractivity contribution in [1.82, 2.24) is 9.80 Å². The Hall–Kier alpha value is -2.02. The number of likely N-dealkylation sites (tertiary alicyclic amines) is 1. The van der Waals surface area contributed by atoms with Crippen LogP contribution in [0.25, 0.3) is 0 Å². The van der Waals surface area contributed by atoms with Crippen LogP contribution in [0.4, 0.5) is 14.5 Å². The van der Waals surface area contributed by atoms with Gasteiger partial charge in [0, 0.05) is 57.8 Å². The van der Waals surface area contributed by atoms with E-state index in [1.54, 1.807) is 6.07 Å². The molecule has 4 nitrogen and oxygen atoms in total. The van der Waals surface area contributed by atoms with Crippen molar-refractivity contribution in [3.05, 3.63) is 65.2 Å². The first-order chi connectivity index (χ1) is 13.5. The lowest BCUT2D eigenvalue weighted by Gasteiger charge is -2.34. The van der Waals surface area contributed by atoms with Gasteiger partial charge in [-0.2, -0.15) is 0 Å². The first-order valence-electron chi connectivity index (χ1n) is 9.95. The summed E-state index contributed by atoms with van der Waals surface area (Å²) in [5, 5.41) is 0. The zero-order valence-corrected chi connectivity index (χ0v) is 16.3. The normalized spacial score (nSPS) is 24.1. The molecule has 2 unspecified atom stereocenters. The van der Waals surface area contributed by atoms with Gasteiger partial charge in [-0.1, -0.05) is 18.2 Å². The van der Waals surface area contributed by atoms with Crippen molar-refractivity contribution in [2.45, 2.75) is 18.5 Å². The van der Waals surface area contributed by atoms with Gasteiger partial charge in [-0.25, -0.2) is 8.78 Å². The topological polar surface area (TPSA) is 35.7 Å². The van der Waals surface area contributed by atoms with Gasteiger partial charge < -0.3 is 15.5 Å². The minimum absolute atomic E-state index is 0.0000732. The van der Waals surface area contributed by atoms with Gasteiger partial charge >= 0.3 is 0 Å². The van der Waals surface area contributed by atoms with Crippen molar-refractivity contribution in [2.24, 2.45) is 5.73 Å². The molecule has 2 atom stereocenters. The molecule has 0 aromatic heterocycles. The molecule has 2 aliphatic rings. The van der Waals surface area contributed by atoms with Gasteiger partial charge in [0.1, 0.15) is 11.6 Å². The van der Waals surface area contributed by atoms with Crippen LogP contribution >= 0.6 is 0 Å². The highest BCUT2D eigenvalue weighted by Crippen LogP contribution is 2.29. The van der Waals surface area contributed by atoms with Crippen LogP contribution in [-0.2, 0) is 6.54 Å². The summed E-state index contributed by atoms with van der Waals surface area (Å²) in [5.74, 6) is -0.209. The quantitative estimate of drug-likeness (QED) is 0.876. The second-order valence-electron chi connectivity index (χ2n) is 8.09. The summed E-state index contributed by atoms with van der Waals surface area (Å²) in [6.07, 6.45) is 0. The number of hydrogen-bond donors (Lipinski definition) is 1. The van der Waals surface area contributed by atoms with E-state index in [0.717, 1.165) is 50.4 Å². The Balaban J connectivity index is 1.40. The average Bonchev–Trinajstić information content (AvgIpc) is 3.03. The van der Waals surface area contributed by atoms with Gasteiger partial charge in [-0.15, -0.1) is 0 Å². The Morgan fingerprint density at radius 3 is 2.36 bits per heavy atom. The Kier molecular flexibility index (Phi) is 5.62. The summed E-state index contributed by atoms with van der Waals surface area (Å²) in [6.45, 7) is 5.85. The summed E-state index contributed by atoms with van der Waals surface area (Å²) in [6, 6.07) is 12.2. The maximum absolute atomic E-state index is 14.7. The monoisotopic (exact) mass is 386 g/mol. The average molecular weight is 386 g/mol. The maximum Gasteiger partial charge on any atom is 0.146 e. The van der Waals surface area contributed by atoms with Crippen molar-refractivity contribution >= 4 is 5.69 Å². The SMILES string of the molecule is CN1CCN(c2ccc(CN3CC(N)C(c4ccc(F)cc4)C3)cc2F)CC1. The molecule has 4 rings (SSSR count). The molecule has 6 heteroatoms. The summed E-state index contributed by atoms with van der Waals surface area (Å²) in [4.78, 5) is 6.63. The molecule has 150 valence electrons. The van der Waals surface area contributed by atoms with E-state index in [0.29, 0.717) is 12.2 Å². The molecular weight excluding hydrogens is 358 g/mol. The van der Waals surface area contributed by atoms with Gasteiger partial charge in [0.15, 0.2) is 0 Å². The molecule has 2 aromatic carbocycles. The fourth-order valence-corrected chi connectivity index (χ4v) is 4.32. The summed E-state index contributed by atoms with van der Waals surface area (Å²) in [5.41, 5.74) is 9.05. The van der Waals surface area contributed by atoms with Crippen LogP contribution in [-0.4, -0.2) is 62.2 Å². The molecule has 0 aliphatic carbocycles. The van der Waals surface area contributed by atoms with E-state index in [2.05, 4.69) is 21.7 Å². The van der Waals surface area contributed by atoms with Crippen molar-refractivity contribution in [2.75, 3.05) is 51.2 Å². The number of hydrogen-bond acceptors (Lipinski definition) is 4. The fourth-order valence-electron chi connectivity index (χ4n) is 4.32. The molecule has 2 heterocycles. The van der Waals surface area contributed by atoms with Crippen molar-refractivity contribution in [3.8, 4) is 0 Å². The molecule has 28 heavy (non-hydrogen) atoms. The second kappa shape index (κ2) is 8.15. The maximum atomic E-state index is 14.7. The number of benzene rings is 2. The molecule has 0 bridgehead atoms.